The number of ether oxygens (including phenoxy) is 1. The first-order chi connectivity index (χ1) is 12.2. The van der Waals surface area contributed by atoms with E-state index in [4.69, 9.17) is 4.74 Å². The lowest BCUT2D eigenvalue weighted by Crippen LogP contribution is -2.34. The van der Waals surface area contributed by atoms with Gasteiger partial charge in [0.15, 0.2) is 18.2 Å². The minimum atomic E-state index is -0.459. The molecule has 0 N–H and O–H groups in total. The minimum Gasteiger partial charge on any atom is -0.481 e. The predicted octanol–water partition coefficient (Wildman–Crippen LogP) is 4.18. The van der Waals surface area contributed by atoms with E-state index in [2.05, 4.69) is 4.98 Å². The molecule has 0 spiro atoms. The lowest BCUT2D eigenvalue weighted by Gasteiger charge is -2.23. The number of thiazole rings is 1. The zero-order valence-electron chi connectivity index (χ0n) is 13.5. The molecule has 1 aliphatic rings. The average Bonchev–Trinajstić information content (AvgIpc) is 3.27. The van der Waals surface area contributed by atoms with E-state index in [9.17, 15) is 9.18 Å². The van der Waals surface area contributed by atoms with Gasteiger partial charge in [0.25, 0.3) is 5.91 Å². The molecule has 3 aromatic rings. The molecular formula is C19H17FN2O2S. The quantitative estimate of drug-likeness (QED) is 0.704. The van der Waals surface area contributed by atoms with E-state index in [-0.39, 0.29) is 24.3 Å². The molecule has 0 radical (unpaired) electrons. The molecule has 4 nitrogen and oxygen atoms in total. The highest BCUT2D eigenvalue weighted by Gasteiger charge is 2.32. The number of likely N-dealkylation sites (tertiary alicyclic amines) is 1. The molecule has 0 saturated carbocycles. The van der Waals surface area contributed by atoms with E-state index in [1.165, 1.54) is 12.1 Å². The monoisotopic (exact) mass is 356 g/mol. The molecule has 0 unspecified atom stereocenters. The number of hydrogen-bond acceptors (Lipinski definition) is 4. The van der Waals surface area contributed by atoms with Crippen LogP contribution < -0.4 is 4.74 Å². The van der Waals surface area contributed by atoms with E-state index in [0.717, 1.165) is 28.1 Å². The highest BCUT2D eigenvalue weighted by Crippen LogP contribution is 2.36. The van der Waals surface area contributed by atoms with Crippen molar-refractivity contribution in [2.45, 2.75) is 18.9 Å². The Morgan fingerprint density at radius 2 is 2.04 bits per heavy atom. The highest BCUT2D eigenvalue weighted by molar-refractivity contribution is 7.18. The maximum atomic E-state index is 13.6. The van der Waals surface area contributed by atoms with E-state index in [1.807, 2.05) is 24.3 Å². The number of carbonyl (C=O) groups excluding carboxylic acids is 1. The summed E-state index contributed by atoms with van der Waals surface area (Å²) in [6.07, 6.45) is 1.83. The van der Waals surface area contributed by atoms with Crippen LogP contribution in [0.2, 0.25) is 0 Å². The van der Waals surface area contributed by atoms with E-state index >= 15 is 0 Å². The van der Waals surface area contributed by atoms with Gasteiger partial charge in [0.1, 0.15) is 5.01 Å². The van der Waals surface area contributed by atoms with Gasteiger partial charge in [0.05, 0.1) is 16.3 Å². The standard InChI is InChI=1S/C19H17FN2O2S/c20-13-6-1-3-9-16(13)24-12-18(23)22-11-5-8-15(22)19-21-14-7-2-4-10-17(14)25-19/h1-4,6-7,9-10,15H,5,8,11-12H2/t15-/m0/s1. The maximum absolute atomic E-state index is 13.6. The van der Waals surface area contributed by atoms with Gasteiger partial charge in [-0.25, -0.2) is 9.37 Å². The zero-order chi connectivity index (χ0) is 17.2. The first-order valence-electron chi connectivity index (χ1n) is 8.24. The second-order valence-corrected chi connectivity index (χ2v) is 7.05. The molecule has 1 saturated heterocycles. The van der Waals surface area contributed by atoms with Crippen LogP contribution in [0.5, 0.6) is 5.75 Å². The van der Waals surface area contributed by atoms with Crippen LogP contribution >= 0.6 is 11.3 Å². The Kier molecular flexibility index (Phi) is 4.36. The van der Waals surface area contributed by atoms with Crippen LogP contribution in [-0.2, 0) is 4.79 Å². The normalized spacial score (nSPS) is 17.2. The van der Waals surface area contributed by atoms with Gasteiger partial charge in [0.2, 0.25) is 0 Å². The van der Waals surface area contributed by atoms with E-state index in [1.54, 1.807) is 28.4 Å². The van der Waals surface area contributed by atoms with Gasteiger partial charge in [-0.3, -0.25) is 4.79 Å². The van der Waals surface area contributed by atoms with Gasteiger partial charge in [-0.2, -0.15) is 0 Å². The molecule has 1 amide bonds. The fourth-order valence-electron chi connectivity index (χ4n) is 3.14. The Morgan fingerprint density at radius 1 is 1.24 bits per heavy atom. The predicted molar refractivity (Wildman–Crippen MR) is 95.2 cm³/mol. The minimum absolute atomic E-state index is 0.0193. The SMILES string of the molecule is O=C(COc1ccccc1F)N1CCC[C@H]1c1nc2ccccc2s1. The number of hydrogen-bond donors (Lipinski definition) is 0. The Bertz CT molecular complexity index is 878. The Labute approximate surface area is 148 Å². The van der Waals surface area contributed by atoms with Gasteiger partial charge >= 0.3 is 0 Å². The van der Waals surface area contributed by atoms with Gasteiger partial charge in [-0.15, -0.1) is 11.3 Å². The number of halogens is 1. The van der Waals surface area contributed by atoms with Crippen molar-refractivity contribution in [2.24, 2.45) is 0 Å². The van der Waals surface area contributed by atoms with Crippen molar-refractivity contribution in [3.8, 4) is 5.75 Å². The van der Waals surface area contributed by atoms with E-state index < -0.39 is 5.82 Å². The first-order valence-corrected chi connectivity index (χ1v) is 9.06. The first kappa shape index (κ1) is 16.0. The van der Waals surface area contributed by atoms with Crippen molar-refractivity contribution < 1.29 is 13.9 Å². The second-order valence-electron chi connectivity index (χ2n) is 5.98. The lowest BCUT2D eigenvalue weighted by molar-refractivity contribution is -0.134. The van der Waals surface area contributed by atoms with Crippen molar-refractivity contribution in [3.05, 3.63) is 59.4 Å². The van der Waals surface area contributed by atoms with Crippen molar-refractivity contribution >= 4 is 27.5 Å². The van der Waals surface area contributed by atoms with Gasteiger partial charge in [-0.05, 0) is 37.1 Å². The van der Waals surface area contributed by atoms with Crippen molar-refractivity contribution in [1.82, 2.24) is 9.88 Å². The molecule has 128 valence electrons. The maximum Gasteiger partial charge on any atom is 0.261 e. The van der Waals surface area contributed by atoms with Crippen LogP contribution in [0.1, 0.15) is 23.9 Å². The molecule has 2 aromatic carbocycles. The number of aromatic nitrogens is 1. The van der Waals surface area contributed by atoms with Crippen molar-refractivity contribution in [2.75, 3.05) is 13.2 Å². The fraction of sp³-hybridized carbons (Fsp3) is 0.263. The zero-order valence-corrected chi connectivity index (χ0v) is 14.3. The molecular weight excluding hydrogens is 339 g/mol. The van der Waals surface area contributed by atoms with Gasteiger partial charge < -0.3 is 9.64 Å². The highest BCUT2D eigenvalue weighted by atomic mass is 32.1. The Morgan fingerprint density at radius 3 is 2.88 bits per heavy atom. The smallest absolute Gasteiger partial charge is 0.261 e. The molecule has 2 heterocycles. The number of para-hydroxylation sites is 2. The molecule has 1 fully saturated rings. The van der Waals surface area contributed by atoms with Gasteiger partial charge in [-0.1, -0.05) is 24.3 Å². The molecule has 4 rings (SSSR count). The van der Waals surface area contributed by atoms with Crippen LogP contribution in [0.4, 0.5) is 4.39 Å². The molecule has 1 atom stereocenters. The van der Waals surface area contributed by atoms with Crippen LogP contribution in [0, 0.1) is 5.82 Å². The van der Waals surface area contributed by atoms with Crippen molar-refractivity contribution in [3.63, 3.8) is 0 Å². The lowest BCUT2D eigenvalue weighted by atomic mass is 10.2. The Balaban J connectivity index is 1.49. The number of benzene rings is 2. The van der Waals surface area contributed by atoms with Crippen LogP contribution in [0.15, 0.2) is 48.5 Å². The average molecular weight is 356 g/mol. The molecule has 25 heavy (non-hydrogen) atoms. The van der Waals surface area contributed by atoms with E-state index in [0.29, 0.717) is 6.54 Å². The molecule has 6 heteroatoms. The summed E-state index contributed by atoms with van der Waals surface area (Å²) in [6.45, 7) is 0.516. The number of fused-ring (bicyclic) bond motifs is 1. The summed E-state index contributed by atoms with van der Waals surface area (Å²) in [5, 5.41) is 0.956. The molecule has 0 bridgehead atoms. The number of amides is 1. The van der Waals surface area contributed by atoms with Crippen LogP contribution in [0.3, 0.4) is 0 Å². The number of rotatable bonds is 4. The van der Waals surface area contributed by atoms with Crippen LogP contribution in [-0.4, -0.2) is 28.9 Å². The molecule has 1 aromatic heterocycles. The summed E-state index contributed by atoms with van der Waals surface area (Å²) in [5.41, 5.74) is 0.962. The summed E-state index contributed by atoms with van der Waals surface area (Å²) in [5.74, 6) is -0.490. The summed E-state index contributed by atoms with van der Waals surface area (Å²) < 4.78 is 20.1. The number of nitrogens with zero attached hydrogens (tertiary/aromatic N) is 2. The number of carbonyl (C=O) groups is 1. The summed E-state index contributed by atoms with van der Waals surface area (Å²) in [4.78, 5) is 19.1. The summed E-state index contributed by atoms with van der Waals surface area (Å²) >= 11 is 1.63. The fourth-order valence-corrected chi connectivity index (χ4v) is 4.25. The third kappa shape index (κ3) is 3.22. The third-order valence-corrected chi connectivity index (χ3v) is 5.49. The van der Waals surface area contributed by atoms with Gasteiger partial charge in [0, 0.05) is 6.54 Å². The molecule has 1 aliphatic heterocycles. The largest absolute Gasteiger partial charge is 0.481 e. The van der Waals surface area contributed by atoms with Crippen molar-refractivity contribution in [1.29, 1.82) is 0 Å². The topological polar surface area (TPSA) is 42.4 Å². The summed E-state index contributed by atoms with van der Waals surface area (Å²) in [6, 6.07) is 14.1. The van der Waals surface area contributed by atoms with Crippen LogP contribution in [0.25, 0.3) is 10.2 Å². The third-order valence-electron chi connectivity index (χ3n) is 4.36. The molecule has 0 aliphatic carbocycles. The Hall–Kier alpha value is -2.47. The second kappa shape index (κ2) is 6.80. The summed E-state index contributed by atoms with van der Waals surface area (Å²) in [7, 11) is 0.